The molecule has 6 rings (SSSR count). The van der Waals surface area contributed by atoms with Gasteiger partial charge < -0.3 is 28.8 Å². The zero-order valence-electron chi connectivity index (χ0n) is 29.1. The predicted molar refractivity (Wildman–Crippen MR) is 190 cm³/mol. The van der Waals surface area contributed by atoms with Crippen molar-refractivity contribution in [2.45, 2.75) is 59.5 Å². The van der Waals surface area contributed by atoms with Gasteiger partial charge in [-0.05, 0) is 81.5 Å². The topological polar surface area (TPSA) is 163 Å². The Bertz CT molecular complexity index is 1720. The van der Waals surface area contributed by atoms with Crippen molar-refractivity contribution in [3.05, 3.63) is 104 Å². The third-order valence-electron chi connectivity index (χ3n) is 8.76. The number of aromatic carboxylic acids is 1. The Balaban J connectivity index is 0.000000214. The summed E-state index contributed by atoms with van der Waals surface area (Å²) in [7, 11) is 1.00. The van der Waals surface area contributed by atoms with E-state index in [0.717, 1.165) is 76.9 Å². The molecule has 0 radical (unpaired) electrons. The van der Waals surface area contributed by atoms with E-state index in [0.29, 0.717) is 40.9 Å². The Labute approximate surface area is 291 Å². The monoisotopic (exact) mass is 686 g/mol. The number of carbonyl (C=O) groups excluding carboxylic acids is 1. The third kappa shape index (κ3) is 10.1. The van der Waals surface area contributed by atoms with Crippen molar-refractivity contribution in [2.24, 2.45) is 11.8 Å². The van der Waals surface area contributed by atoms with Crippen LogP contribution in [0.5, 0.6) is 0 Å². The molecule has 0 amide bonds. The van der Waals surface area contributed by atoms with E-state index in [2.05, 4.69) is 9.97 Å². The summed E-state index contributed by atoms with van der Waals surface area (Å²) in [6.07, 6.45) is 13.9. The van der Waals surface area contributed by atoms with E-state index < -0.39 is 11.4 Å². The maximum atomic E-state index is 12.6. The molecular formula is C38H46N4O8. The summed E-state index contributed by atoms with van der Waals surface area (Å²) in [5, 5.41) is 16.4. The van der Waals surface area contributed by atoms with Crippen molar-refractivity contribution < 1.29 is 29.3 Å². The smallest absolute Gasteiger partial charge is 0.341 e. The van der Waals surface area contributed by atoms with E-state index in [9.17, 15) is 24.3 Å². The fourth-order valence-corrected chi connectivity index (χ4v) is 5.95. The zero-order valence-corrected chi connectivity index (χ0v) is 29.1. The average molecular weight is 687 g/mol. The van der Waals surface area contributed by atoms with Crippen molar-refractivity contribution in [1.82, 2.24) is 19.1 Å². The number of carboxylic acids is 1. The average Bonchev–Trinajstić information content (AvgIpc) is 3.12. The normalized spacial score (nSPS) is 14.9. The number of pyridine rings is 4. The highest BCUT2D eigenvalue weighted by atomic mass is 16.5. The van der Waals surface area contributed by atoms with Crippen molar-refractivity contribution in [3.63, 3.8) is 0 Å². The van der Waals surface area contributed by atoms with E-state index in [1.165, 1.54) is 13.1 Å². The van der Waals surface area contributed by atoms with Crippen LogP contribution in [0.4, 0.5) is 0 Å². The Kier molecular flexibility index (Phi) is 13.9. The molecule has 2 N–H and O–H groups in total. The largest absolute Gasteiger partial charge is 0.477 e. The number of ether oxygens (including phenoxy) is 2. The summed E-state index contributed by atoms with van der Waals surface area (Å²) in [6, 6.07) is 7.36. The quantitative estimate of drug-likeness (QED) is 0.246. The molecule has 0 saturated carbocycles. The molecule has 0 unspecified atom stereocenters. The number of rotatable bonds is 8. The number of ketones is 1. The number of aliphatic hydroxyl groups excluding tert-OH is 1. The SMILES string of the molecule is CC(=O)c1cn(CC2CCOCC2)cc(-c2ccc(C)cn2)c1=O.CO.Cc1ccc(-c2cn(CC3CCOCC3)cc(C(=O)O)c2=O)nc1. The van der Waals surface area contributed by atoms with E-state index in [1.54, 1.807) is 35.4 Å². The summed E-state index contributed by atoms with van der Waals surface area (Å²) >= 11 is 0. The van der Waals surface area contributed by atoms with Crippen LogP contribution >= 0.6 is 0 Å². The van der Waals surface area contributed by atoms with Crippen molar-refractivity contribution in [3.8, 4) is 22.5 Å². The number of aromatic nitrogens is 4. The molecule has 266 valence electrons. The first-order valence-electron chi connectivity index (χ1n) is 16.8. The second kappa shape index (κ2) is 18.3. The molecule has 4 aromatic rings. The van der Waals surface area contributed by atoms with E-state index in [-0.39, 0.29) is 22.3 Å². The Hall–Kier alpha value is -4.78. The van der Waals surface area contributed by atoms with Gasteiger partial charge in [-0.25, -0.2) is 4.79 Å². The molecule has 0 spiro atoms. The van der Waals surface area contributed by atoms with Gasteiger partial charge in [0.1, 0.15) is 5.56 Å². The van der Waals surface area contributed by atoms with Gasteiger partial charge in [-0.15, -0.1) is 0 Å². The predicted octanol–water partition coefficient (Wildman–Crippen LogP) is 4.80. The number of nitrogens with zero attached hydrogens (tertiary/aromatic N) is 4. The minimum absolute atomic E-state index is 0.213. The fraction of sp³-hybridized carbons (Fsp3) is 0.421. The van der Waals surface area contributed by atoms with Crippen LogP contribution in [0.25, 0.3) is 22.5 Å². The highest BCUT2D eigenvalue weighted by molar-refractivity contribution is 5.94. The summed E-state index contributed by atoms with van der Waals surface area (Å²) < 4.78 is 14.5. The summed E-state index contributed by atoms with van der Waals surface area (Å²) in [5.41, 5.74) is 3.17. The number of aryl methyl sites for hydroxylation is 2. The van der Waals surface area contributed by atoms with Crippen LogP contribution in [0, 0.1) is 25.7 Å². The van der Waals surface area contributed by atoms with Crippen molar-refractivity contribution >= 4 is 11.8 Å². The standard InChI is InChI=1S/C19H22N2O3.C18H20N2O4.CH4O/c1-13-3-4-18(20-9-13)17-12-21(10-15-5-7-24-8-6-15)11-16(14(2)22)19(17)23;1-12-2-3-16(19-8-12)14-10-20(9-13-4-6-24-7-5-13)11-15(17(14)21)18(22)23;1-2/h3-4,9,11-12,15H,5-8,10H2,1-2H3;2-3,8,10-11,13H,4-7,9H2,1H3,(H,22,23);2H,1H3. The molecule has 0 atom stereocenters. The van der Waals surface area contributed by atoms with Gasteiger partial charge >= 0.3 is 5.97 Å². The Morgan fingerprint density at radius 1 is 0.700 bits per heavy atom. The fourth-order valence-electron chi connectivity index (χ4n) is 5.95. The lowest BCUT2D eigenvalue weighted by atomic mass is 9.99. The number of hydrogen-bond acceptors (Lipinski definition) is 9. The molecule has 4 aromatic heterocycles. The second-order valence-corrected chi connectivity index (χ2v) is 12.6. The molecule has 0 aliphatic carbocycles. The van der Waals surface area contributed by atoms with E-state index in [1.807, 2.05) is 42.8 Å². The maximum absolute atomic E-state index is 12.6. The molecule has 2 aliphatic rings. The van der Waals surface area contributed by atoms with Gasteiger partial charge in [-0.1, -0.05) is 12.1 Å². The first-order chi connectivity index (χ1) is 24.1. The van der Waals surface area contributed by atoms with E-state index >= 15 is 0 Å². The van der Waals surface area contributed by atoms with Crippen molar-refractivity contribution in [1.29, 1.82) is 0 Å². The molecule has 50 heavy (non-hydrogen) atoms. The van der Waals surface area contributed by atoms with Gasteiger partial charge in [0.05, 0.1) is 28.1 Å². The number of Topliss-reactive ketones (excluding diaryl/α,β-unsaturated/α-hetero) is 1. The first-order valence-corrected chi connectivity index (χ1v) is 16.8. The van der Waals surface area contributed by atoms with Crippen LogP contribution < -0.4 is 10.9 Å². The molecule has 12 heteroatoms. The maximum Gasteiger partial charge on any atom is 0.341 e. The Morgan fingerprint density at radius 3 is 1.46 bits per heavy atom. The summed E-state index contributed by atoms with van der Waals surface area (Å²) in [5.74, 6) is -0.508. The second-order valence-electron chi connectivity index (χ2n) is 12.6. The van der Waals surface area contributed by atoms with Gasteiger partial charge in [0.15, 0.2) is 5.78 Å². The molecule has 0 aromatic carbocycles. The third-order valence-corrected chi connectivity index (χ3v) is 8.76. The van der Waals surface area contributed by atoms with Crippen molar-refractivity contribution in [2.75, 3.05) is 33.5 Å². The molecular weight excluding hydrogens is 640 g/mol. The summed E-state index contributed by atoms with van der Waals surface area (Å²) in [4.78, 5) is 57.1. The first kappa shape index (κ1) is 38.0. The van der Waals surface area contributed by atoms with Crippen LogP contribution in [0.1, 0.15) is 64.4 Å². The lowest BCUT2D eigenvalue weighted by Gasteiger charge is -2.23. The van der Waals surface area contributed by atoms with Gasteiger partial charge in [-0.3, -0.25) is 24.4 Å². The number of carbonyl (C=O) groups is 2. The molecule has 12 nitrogen and oxygen atoms in total. The molecule has 2 aliphatic heterocycles. The summed E-state index contributed by atoms with van der Waals surface area (Å²) in [6.45, 7) is 9.74. The molecule has 0 bridgehead atoms. The zero-order chi connectivity index (χ0) is 36.2. The van der Waals surface area contributed by atoms with Crippen LogP contribution in [0.3, 0.4) is 0 Å². The highest BCUT2D eigenvalue weighted by Gasteiger charge is 2.20. The highest BCUT2D eigenvalue weighted by Crippen LogP contribution is 2.21. The van der Waals surface area contributed by atoms with Gasteiger partial charge in [-0.2, -0.15) is 0 Å². The number of carboxylic acid groups (broad SMARTS) is 1. The van der Waals surface area contributed by atoms with Crippen LogP contribution in [-0.4, -0.2) is 74.6 Å². The lowest BCUT2D eigenvalue weighted by Crippen LogP contribution is -2.24. The van der Waals surface area contributed by atoms with Crippen LogP contribution in [0.15, 0.2) is 71.0 Å². The van der Waals surface area contributed by atoms with Crippen LogP contribution in [0.2, 0.25) is 0 Å². The van der Waals surface area contributed by atoms with Gasteiger partial charge in [0.2, 0.25) is 10.9 Å². The molecule has 6 heterocycles. The van der Waals surface area contributed by atoms with Gasteiger partial charge in [0.25, 0.3) is 0 Å². The number of aliphatic hydroxyl groups is 1. The minimum atomic E-state index is -1.21. The van der Waals surface area contributed by atoms with Gasteiger partial charge in [0, 0.05) is 83.8 Å². The lowest BCUT2D eigenvalue weighted by molar-refractivity contribution is 0.0609. The Morgan fingerprint density at radius 2 is 1.10 bits per heavy atom. The van der Waals surface area contributed by atoms with Crippen LogP contribution in [-0.2, 0) is 22.6 Å². The molecule has 2 fully saturated rings. The molecule has 2 saturated heterocycles. The minimum Gasteiger partial charge on any atom is -0.477 e. The number of hydrogen-bond donors (Lipinski definition) is 2. The van der Waals surface area contributed by atoms with E-state index in [4.69, 9.17) is 14.6 Å².